The van der Waals surface area contributed by atoms with Gasteiger partial charge in [0.25, 0.3) is 0 Å². The Morgan fingerprint density at radius 3 is 2.70 bits per heavy atom. The van der Waals surface area contributed by atoms with Crippen LogP contribution in [0.5, 0.6) is 0 Å². The lowest BCUT2D eigenvalue weighted by Crippen LogP contribution is -2.50. The van der Waals surface area contributed by atoms with Gasteiger partial charge in [-0.15, -0.1) is 10.2 Å². The van der Waals surface area contributed by atoms with Crippen molar-refractivity contribution in [2.45, 2.75) is 57.2 Å². The number of tetrazole rings is 1. The van der Waals surface area contributed by atoms with Gasteiger partial charge in [0.2, 0.25) is 11.7 Å². The maximum Gasteiger partial charge on any atom is 0.246 e. The van der Waals surface area contributed by atoms with Crippen molar-refractivity contribution in [2.75, 3.05) is 11.5 Å². The van der Waals surface area contributed by atoms with E-state index in [1.165, 1.54) is 11.2 Å². The highest BCUT2D eigenvalue weighted by molar-refractivity contribution is 7.91. The van der Waals surface area contributed by atoms with Gasteiger partial charge in [-0.2, -0.15) is 16.1 Å². The number of hydrogen-bond acceptors (Lipinski definition) is 7. The van der Waals surface area contributed by atoms with Gasteiger partial charge in [0.1, 0.15) is 6.54 Å². The highest BCUT2D eigenvalue weighted by Crippen LogP contribution is 2.28. The van der Waals surface area contributed by atoms with Gasteiger partial charge in [-0.25, -0.2) is 8.42 Å². The molecule has 4 rings (SSSR count). The summed E-state index contributed by atoms with van der Waals surface area (Å²) in [5.74, 6) is 0.619. The maximum absolute atomic E-state index is 13.1. The first-order valence-electron chi connectivity index (χ1n) is 9.34. The van der Waals surface area contributed by atoms with Crippen LogP contribution in [0, 0.1) is 0 Å². The van der Waals surface area contributed by atoms with E-state index in [1.54, 1.807) is 11.3 Å². The molecule has 1 saturated heterocycles. The third kappa shape index (κ3) is 4.21. The number of sulfone groups is 1. The summed E-state index contributed by atoms with van der Waals surface area (Å²) < 4.78 is 23.9. The van der Waals surface area contributed by atoms with Gasteiger partial charge < -0.3 is 4.90 Å². The standard InChI is InChI=1S/C17H23N5O3S2/c23-16(10-21-19-17(18-20-21)13-6-8-26-11-13)22(14-4-2-1-3-5-14)15-7-9-27(24,25)12-15/h6,8,11,14-15H,1-5,7,9-10,12H2. The van der Waals surface area contributed by atoms with Gasteiger partial charge in [-0.1, -0.05) is 19.3 Å². The zero-order valence-corrected chi connectivity index (χ0v) is 16.7. The molecule has 146 valence electrons. The summed E-state index contributed by atoms with van der Waals surface area (Å²) in [6, 6.07) is 1.79. The van der Waals surface area contributed by atoms with Gasteiger partial charge in [-0.3, -0.25) is 4.79 Å². The van der Waals surface area contributed by atoms with Gasteiger partial charge in [0.05, 0.1) is 11.5 Å². The van der Waals surface area contributed by atoms with Crippen LogP contribution in [0.2, 0.25) is 0 Å². The molecule has 8 nitrogen and oxygen atoms in total. The van der Waals surface area contributed by atoms with E-state index in [4.69, 9.17) is 0 Å². The van der Waals surface area contributed by atoms with Crippen LogP contribution in [-0.4, -0.2) is 63.0 Å². The third-order valence-corrected chi connectivity index (χ3v) is 7.80. The monoisotopic (exact) mass is 409 g/mol. The van der Waals surface area contributed by atoms with Crippen LogP contribution in [0.3, 0.4) is 0 Å². The molecule has 1 amide bonds. The summed E-state index contributed by atoms with van der Waals surface area (Å²) in [4.78, 5) is 16.3. The third-order valence-electron chi connectivity index (χ3n) is 5.37. The molecule has 27 heavy (non-hydrogen) atoms. The quantitative estimate of drug-likeness (QED) is 0.746. The van der Waals surface area contributed by atoms with Gasteiger partial charge >= 0.3 is 0 Å². The zero-order valence-electron chi connectivity index (χ0n) is 15.0. The van der Waals surface area contributed by atoms with E-state index in [2.05, 4.69) is 15.4 Å². The number of hydrogen-bond donors (Lipinski definition) is 0. The molecule has 2 aromatic heterocycles. The minimum absolute atomic E-state index is 0.00974. The second-order valence-corrected chi connectivity index (χ2v) is 10.3. The van der Waals surface area contributed by atoms with Gasteiger partial charge in [-0.05, 0) is 35.9 Å². The maximum atomic E-state index is 13.1. The molecule has 1 saturated carbocycles. The summed E-state index contributed by atoms with van der Waals surface area (Å²) in [5.41, 5.74) is 0.879. The predicted molar refractivity (Wildman–Crippen MR) is 102 cm³/mol. The number of carbonyl (C=O) groups excluding carboxylic acids is 1. The van der Waals surface area contributed by atoms with E-state index in [0.717, 1.165) is 31.2 Å². The van der Waals surface area contributed by atoms with Crippen LogP contribution < -0.4 is 0 Å². The highest BCUT2D eigenvalue weighted by atomic mass is 32.2. The van der Waals surface area contributed by atoms with E-state index < -0.39 is 9.84 Å². The predicted octanol–water partition coefficient (Wildman–Crippen LogP) is 1.75. The SMILES string of the molecule is O=C(Cn1nnc(-c2ccsc2)n1)N(C1CCCCC1)C1CCS(=O)(=O)C1. The van der Waals surface area contributed by atoms with E-state index in [-0.39, 0.29) is 36.0 Å². The fraction of sp³-hybridized carbons (Fsp3) is 0.647. The second-order valence-electron chi connectivity index (χ2n) is 7.31. The first kappa shape index (κ1) is 18.5. The fourth-order valence-electron chi connectivity index (χ4n) is 4.08. The first-order chi connectivity index (χ1) is 13.0. The lowest BCUT2D eigenvalue weighted by molar-refractivity contribution is -0.137. The largest absolute Gasteiger partial charge is 0.334 e. The fourth-order valence-corrected chi connectivity index (χ4v) is 6.43. The Kier molecular flexibility index (Phi) is 5.27. The number of thiophene rings is 1. The van der Waals surface area contributed by atoms with Crippen molar-refractivity contribution in [3.8, 4) is 11.4 Å². The molecule has 0 bridgehead atoms. The van der Waals surface area contributed by atoms with Crippen molar-refractivity contribution in [2.24, 2.45) is 0 Å². The molecule has 0 aromatic carbocycles. The van der Waals surface area contributed by atoms with Crippen LogP contribution >= 0.6 is 11.3 Å². The average Bonchev–Trinajstić information content (AvgIpc) is 3.37. The molecule has 2 aliphatic rings. The Labute approximate surface area is 162 Å². The van der Waals surface area contributed by atoms with Crippen molar-refractivity contribution >= 4 is 27.1 Å². The summed E-state index contributed by atoms with van der Waals surface area (Å²) >= 11 is 1.55. The van der Waals surface area contributed by atoms with E-state index in [0.29, 0.717) is 12.2 Å². The Hall–Kier alpha value is -1.81. The molecule has 1 atom stereocenters. The minimum Gasteiger partial charge on any atom is -0.334 e. The molecular formula is C17H23N5O3S2. The minimum atomic E-state index is -3.05. The molecule has 1 aliphatic carbocycles. The van der Waals surface area contributed by atoms with Crippen LogP contribution in [0.25, 0.3) is 11.4 Å². The molecular weight excluding hydrogens is 386 g/mol. The average molecular weight is 410 g/mol. The number of aromatic nitrogens is 4. The molecule has 0 radical (unpaired) electrons. The van der Waals surface area contributed by atoms with Crippen molar-refractivity contribution in [3.63, 3.8) is 0 Å². The Bertz CT molecular complexity index is 888. The molecule has 1 unspecified atom stereocenters. The van der Waals surface area contributed by atoms with Crippen LogP contribution in [0.1, 0.15) is 38.5 Å². The smallest absolute Gasteiger partial charge is 0.246 e. The first-order valence-corrected chi connectivity index (χ1v) is 12.1. The molecule has 10 heteroatoms. The topological polar surface area (TPSA) is 98.1 Å². The summed E-state index contributed by atoms with van der Waals surface area (Å²) in [6.07, 6.45) is 5.74. The molecule has 3 heterocycles. The molecule has 0 spiro atoms. The van der Waals surface area contributed by atoms with Crippen molar-refractivity contribution in [3.05, 3.63) is 16.8 Å². The van der Waals surface area contributed by atoms with Gasteiger partial charge in [0.15, 0.2) is 9.84 Å². The Balaban J connectivity index is 1.51. The number of rotatable bonds is 5. The molecule has 1 aliphatic heterocycles. The highest BCUT2D eigenvalue weighted by Gasteiger charge is 2.38. The van der Waals surface area contributed by atoms with Crippen molar-refractivity contribution < 1.29 is 13.2 Å². The normalized spacial score (nSPS) is 22.7. The van der Waals surface area contributed by atoms with E-state index in [9.17, 15) is 13.2 Å². The van der Waals surface area contributed by atoms with Crippen LogP contribution in [0.4, 0.5) is 0 Å². The van der Waals surface area contributed by atoms with E-state index >= 15 is 0 Å². The van der Waals surface area contributed by atoms with E-state index in [1.807, 2.05) is 21.7 Å². The number of amides is 1. The summed E-state index contributed by atoms with van der Waals surface area (Å²) in [5, 5.41) is 16.2. The zero-order chi connectivity index (χ0) is 18.9. The van der Waals surface area contributed by atoms with Crippen LogP contribution in [-0.2, 0) is 21.2 Å². The summed E-state index contributed by atoms with van der Waals surface area (Å²) in [6.45, 7) is -0.00974. The molecule has 2 aromatic rings. The van der Waals surface area contributed by atoms with Gasteiger partial charge in [0, 0.05) is 23.0 Å². The number of carbonyl (C=O) groups is 1. The second kappa shape index (κ2) is 7.67. The summed E-state index contributed by atoms with van der Waals surface area (Å²) in [7, 11) is -3.05. The Morgan fingerprint density at radius 2 is 2.04 bits per heavy atom. The lowest BCUT2D eigenvalue weighted by Gasteiger charge is -2.38. The molecule has 2 fully saturated rings. The lowest BCUT2D eigenvalue weighted by atomic mass is 9.93. The van der Waals surface area contributed by atoms with Crippen molar-refractivity contribution in [1.29, 1.82) is 0 Å². The Morgan fingerprint density at radius 1 is 1.22 bits per heavy atom. The van der Waals surface area contributed by atoms with Crippen LogP contribution in [0.15, 0.2) is 16.8 Å². The number of nitrogens with zero attached hydrogens (tertiary/aromatic N) is 5. The molecule has 0 N–H and O–H groups in total. The van der Waals surface area contributed by atoms with Crippen molar-refractivity contribution in [1.82, 2.24) is 25.1 Å².